The number of anilines is 1. The van der Waals surface area contributed by atoms with Gasteiger partial charge in [0.15, 0.2) is 5.13 Å². The Kier molecular flexibility index (Phi) is 3.71. The van der Waals surface area contributed by atoms with Crippen LogP contribution in [0.4, 0.5) is 5.13 Å². The van der Waals surface area contributed by atoms with Crippen molar-refractivity contribution in [1.29, 1.82) is 0 Å². The van der Waals surface area contributed by atoms with Crippen molar-refractivity contribution in [3.8, 4) is 0 Å². The summed E-state index contributed by atoms with van der Waals surface area (Å²) in [4.78, 5) is 16.8. The Labute approximate surface area is 127 Å². The second-order valence-electron chi connectivity index (χ2n) is 5.19. The van der Waals surface area contributed by atoms with Crippen LogP contribution in [0.1, 0.15) is 35.7 Å². The molecule has 1 N–H and O–H groups in total. The van der Waals surface area contributed by atoms with Crippen molar-refractivity contribution in [1.82, 2.24) is 4.98 Å². The highest BCUT2D eigenvalue weighted by Crippen LogP contribution is 2.31. The Hall–Kier alpha value is -2.20. The van der Waals surface area contributed by atoms with E-state index in [0.29, 0.717) is 16.6 Å². The van der Waals surface area contributed by atoms with Gasteiger partial charge in [0.2, 0.25) is 0 Å². The summed E-state index contributed by atoms with van der Waals surface area (Å²) in [7, 11) is 0. The summed E-state index contributed by atoms with van der Waals surface area (Å²) in [6.07, 6.45) is 0. The van der Waals surface area contributed by atoms with Crippen molar-refractivity contribution in [2.24, 2.45) is 0 Å². The van der Waals surface area contributed by atoms with Gasteiger partial charge in [-0.3, -0.25) is 10.1 Å². The van der Waals surface area contributed by atoms with Crippen molar-refractivity contribution in [2.75, 3.05) is 5.32 Å². The van der Waals surface area contributed by atoms with Crippen molar-refractivity contribution >= 4 is 32.6 Å². The van der Waals surface area contributed by atoms with Gasteiger partial charge >= 0.3 is 0 Å². The summed E-state index contributed by atoms with van der Waals surface area (Å²) in [5, 5.41) is 3.53. The number of carbonyl (C=O) groups is 1. The van der Waals surface area contributed by atoms with Gasteiger partial charge < -0.3 is 0 Å². The second kappa shape index (κ2) is 5.66. The molecule has 4 heteroatoms. The first-order valence-electron chi connectivity index (χ1n) is 6.91. The van der Waals surface area contributed by atoms with Crippen LogP contribution in [0.25, 0.3) is 10.2 Å². The molecule has 1 aromatic heterocycles. The van der Waals surface area contributed by atoms with Crippen LogP contribution in [0.3, 0.4) is 0 Å². The maximum atomic E-state index is 12.2. The smallest absolute Gasteiger partial charge is 0.257 e. The van der Waals surface area contributed by atoms with E-state index < -0.39 is 0 Å². The van der Waals surface area contributed by atoms with E-state index in [1.54, 1.807) is 12.1 Å². The predicted octanol–water partition coefficient (Wildman–Crippen LogP) is 4.67. The maximum absolute atomic E-state index is 12.2. The molecule has 3 nitrogen and oxygen atoms in total. The highest BCUT2D eigenvalue weighted by atomic mass is 32.1. The van der Waals surface area contributed by atoms with Crippen LogP contribution in [0.2, 0.25) is 0 Å². The SMILES string of the molecule is CC(C)c1cccc2sc(NC(=O)c3ccccc3)nc12. The molecule has 0 unspecified atom stereocenters. The topological polar surface area (TPSA) is 42.0 Å². The third-order valence-corrected chi connectivity index (χ3v) is 4.26. The summed E-state index contributed by atoms with van der Waals surface area (Å²) in [6.45, 7) is 4.30. The van der Waals surface area contributed by atoms with Crippen LogP contribution >= 0.6 is 11.3 Å². The highest BCUT2D eigenvalue weighted by molar-refractivity contribution is 7.22. The summed E-state index contributed by atoms with van der Waals surface area (Å²) < 4.78 is 1.10. The summed E-state index contributed by atoms with van der Waals surface area (Å²) in [5.41, 5.74) is 2.84. The lowest BCUT2D eigenvalue weighted by molar-refractivity contribution is 0.102. The zero-order chi connectivity index (χ0) is 14.8. The molecular weight excluding hydrogens is 280 g/mol. The fourth-order valence-corrected chi connectivity index (χ4v) is 3.14. The molecule has 0 aliphatic carbocycles. The van der Waals surface area contributed by atoms with E-state index in [0.717, 1.165) is 10.2 Å². The van der Waals surface area contributed by atoms with E-state index in [9.17, 15) is 4.79 Å². The Morgan fingerprint density at radius 3 is 2.57 bits per heavy atom. The molecule has 106 valence electrons. The number of aromatic nitrogens is 1. The Bertz CT molecular complexity index is 778. The molecule has 0 saturated carbocycles. The van der Waals surface area contributed by atoms with Gasteiger partial charge in [-0.05, 0) is 29.7 Å². The largest absolute Gasteiger partial charge is 0.298 e. The normalized spacial score (nSPS) is 11.0. The van der Waals surface area contributed by atoms with Gasteiger partial charge in [0.05, 0.1) is 10.2 Å². The van der Waals surface area contributed by atoms with Gasteiger partial charge in [-0.15, -0.1) is 0 Å². The first kappa shape index (κ1) is 13.8. The second-order valence-corrected chi connectivity index (χ2v) is 6.22. The minimum atomic E-state index is -0.124. The van der Waals surface area contributed by atoms with Gasteiger partial charge in [-0.1, -0.05) is 55.5 Å². The molecule has 2 aromatic carbocycles. The fourth-order valence-electron chi connectivity index (χ4n) is 2.25. The van der Waals surface area contributed by atoms with Crippen LogP contribution in [0.15, 0.2) is 48.5 Å². The van der Waals surface area contributed by atoms with Crippen molar-refractivity contribution in [3.05, 3.63) is 59.7 Å². The number of fused-ring (bicyclic) bond motifs is 1. The lowest BCUT2D eigenvalue weighted by atomic mass is 10.0. The van der Waals surface area contributed by atoms with Gasteiger partial charge in [0.25, 0.3) is 5.91 Å². The monoisotopic (exact) mass is 296 g/mol. The molecule has 1 amide bonds. The average molecular weight is 296 g/mol. The number of carbonyl (C=O) groups excluding carboxylic acids is 1. The molecule has 3 rings (SSSR count). The third-order valence-electron chi connectivity index (χ3n) is 3.33. The molecule has 0 aliphatic heterocycles. The molecule has 1 heterocycles. The molecule has 0 fully saturated rings. The van der Waals surface area contributed by atoms with E-state index in [1.807, 2.05) is 30.3 Å². The fraction of sp³-hybridized carbons (Fsp3) is 0.176. The van der Waals surface area contributed by atoms with Crippen molar-refractivity contribution in [3.63, 3.8) is 0 Å². The number of nitrogens with zero attached hydrogens (tertiary/aromatic N) is 1. The lowest BCUT2D eigenvalue weighted by Gasteiger charge is -2.04. The number of amides is 1. The van der Waals surface area contributed by atoms with E-state index in [-0.39, 0.29) is 5.91 Å². The maximum Gasteiger partial charge on any atom is 0.257 e. The first-order chi connectivity index (χ1) is 10.1. The van der Waals surface area contributed by atoms with Crippen molar-refractivity contribution in [2.45, 2.75) is 19.8 Å². The van der Waals surface area contributed by atoms with E-state index in [4.69, 9.17) is 0 Å². The van der Waals surface area contributed by atoms with Crippen LogP contribution in [-0.4, -0.2) is 10.9 Å². The number of rotatable bonds is 3. The van der Waals surface area contributed by atoms with E-state index in [2.05, 4.69) is 30.2 Å². The summed E-state index contributed by atoms with van der Waals surface area (Å²) >= 11 is 1.51. The van der Waals surface area contributed by atoms with Gasteiger partial charge in [0, 0.05) is 5.56 Å². The van der Waals surface area contributed by atoms with E-state index >= 15 is 0 Å². The quantitative estimate of drug-likeness (QED) is 0.763. The van der Waals surface area contributed by atoms with E-state index in [1.165, 1.54) is 16.9 Å². The average Bonchev–Trinajstić information content (AvgIpc) is 2.89. The molecule has 21 heavy (non-hydrogen) atoms. The zero-order valence-electron chi connectivity index (χ0n) is 12.0. The highest BCUT2D eigenvalue weighted by Gasteiger charge is 2.12. The molecule has 0 bridgehead atoms. The molecule has 0 saturated heterocycles. The number of hydrogen-bond acceptors (Lipinski definition) is 3. The first-order valence-corrected chi connectivity index (χ1v) is 7.72. The predicted molar refractivity (Wildman–Crippen MR) is 88.1 cm³/mol. The Balaban J connectivity index is 1.92. The zero-order valence-corrected chi connectivity index (χ0v) is 12.8. The molecule has 3 aromatic rings. The summed E-state index contributed by atoms with van der Waals surface area (Å²) in [5.74, 6) is 0.286. The molecular formula is C17H16N2OS. The summed E-state index contributed by atoms with van der Waals surface area (Å²) in [6, 6.07) is 15.4. The molecule has 0 aliphatic rings. The minimum absolute atomic E-state index is 0.124. The number of nitrogens with one attached hydrogen (secondary N) is 1. The third kappa shape index (κ3) is 2.81. The Morgan fingerprint density at radius 2 is 1.86 bits per heavy atom. The Morgan fingerprint density at radius 1 is 1.10 bits per heavy atom. The number of thiazole rings is 1. The van der Waals surface area contributed by atoms with Crippen LogP contribution in [0.5, 0.6) is 0 Å². The van der Waals surface area contributed by atoms with Gasteiger partial charge in [-0.2, -0.15) is 0 Å². The van der Waals surface area contributed by atoms with Crippen LogP contribution in [-0.2, 0) is 0 Å². The minimum Gasteiger partial charge on any atom is -0.298 e. The molecule has 0 spiro atoms. The number of hydrogen-bond donors (Lipinski definition) is 1. The van der Waals surface area contributed by atoms with Crippen molar-refractivity contribution < 1.29 is 4.79 Å². The lowest BCUT2D eigenvalue weighted by Crippen LogP contribution is -2.11. The van der Waals surface area contributed by atoms with Gasteiger partial charge in [0.1, 0.15) is 0 Å². The van der Waals surface area contributed by atoms with Crippen LogP contribution < -0.4 is 5.32 Å². The van der Waals surface area contributed by atoms with Gasteiger partial charge in [-0.25, -0.2) is 4.98 Å². The number of benzene rings is 2. The number of para-hydroxylation sites is 1. The standard InChI is InChI=1S/C17H16N2OS/c1-11(2)13-9-6-10-14-15(13)18-17(21-14)19-16(20)12-7-4-3-5-8-12/h3-11H,1-2H3,(H,18,19,20). The van der Waals surface area contributed by atoms with Crippen LogP contribution in [0, 0.1) is 0 Å². The molecule has 0 atom stereocenters. The molecule has 0 radical (unpaired) electrons.